The zero-order valence-corrected chi connectivity index (χ0v) is 16.0. The third-order valence-corrected chi connectivity index (χ3v) is 4.82. The lowest BCUT2D eigenvalue weighted by Gasteiger charge is -2.12. The van der Waals surface area contributed by atoms with Crippen LogP contribution < -0.4 is 10.6 Å². The normalized spacial score (nSPS) is 13.3. The molecule has 3 rings (SSSR count). The molecule has 0 saturated heterocycles. The summed E-state index contributed by atoms with van der Waals surface area (Å²) in [5.74, 6) is 0. The first-order chi connectivity index (χ1) is 12.6. The fraction of sp³-hybridized carbons (Fsp3) is 0.250. The van der Waals surface area contributed by atoms with Gasteiger partial charge in [0.25, 0.3) is 0 Å². The van der Waals surface area contributed by atoms with E-state index >= 15 is 0 Å². The van der Waals surface area contributed by atoms with Crippen molar-refractivity contribution in [3.63, 3.8) is 0 Å². The van der Waals surface area contributed by atoms with E-state index in [2.05, 4.69) is 85.7 Å². The van der Waals surface area contributed by atoms with Crippen molar-refractivity contribution >= 4 is 16.8 Å². The van der Waals surface area contributed by atoms with Crippen LogP contribution >= 0.6 is 0 Å². The molecule has 0 aromatic heterocycles. The maximum Gasteiger partial charge on any atom is 0.0366 e. The Morgan fingerprint density at radius 1 is 1.08 bits per heavy atom. The van der Waals surface area contributed by atoms with Crippen LogP contribution in [0.3, 0.4) is 0 Å². The van der Waals surface area contributed by atoms with Gasteiger partial charge >= 0.3 is 0 Å². The summed E-state index contributed by atoms with van der Waals surface area (Å²) in [4.78, 5) is 0. The van der Waals surface area contributed by atoms with E-state index in [0.717, 1.165) is 25.1 Å². The van der Waals surface area contributed by atoms with Gasteiger partial charge in [-0.15, -0.1) is 0 Å². The third kappa shape index (κ3) is 4.33. The number of hydrogen-bond donors (Lipinski definition) is 2. The van der Waals surface area contributed by atoms with Crippen molar-refractivity contribution in [2.75, 3.05) is 18.9 Å². The van der Waals surface area contributed by atoms with Gasteiger partial charge in [-0.1, -0.05) is 54.6 Å². The first-order valence-electron chi connectivity index (χ1n) is 9.19. The van der Waals surface area contributed by atoms with Crippen LogP contribution in [0, 0.1) is 6.92 Å². The minimum atomic E-state index is 0.881. The maximum atomic E-state index is 4.06. The zero-order valence-electron chi connectivity index (χ0n) is 16.0. The van der Waals surface area contributed by atoms with Crippen molar-refractivity contribution < 1.29 is 0 Å². The Balaban J connectivity index is 1.59. The number of aryl methyl sites for hydroxylation is 1. The smallest absolute Gasteiger partial charge is 0.0366 e. The van der Waals surface area contributed by atoms with Gasteiger partial charge in [-0.2, -0.15) is 0 Å². The molecule has 2 nitrogen and oxygen atoms in total. The Labute approximate surface area is 157 Å². The van der Waals surface area contributed by atoms with Crippen LogP contribution in [-0.4, -0.2) is 13.6 Å². The number of allylic oxidation sites excluding steroid dienone is 4. The average Bonchev–Trinajstić information content (AvgIpc) is 3.09. The van der Waals surface area contributed by atoms with Gasteiger partial charge in [0.05, 0.1) is 0 Å². The SMILES string of the molecule is C=C(C)c1ccc(C2=CC=C(CNc3cccc(CNC)c3)C2)cc1C. The van der Waals surface area contributed by atoms with Gasteiger partial charge in [0, 0.05) is 18.8 Å². The van der Waals surface area contributed by atoms with Crippen LogP contribution in [0.15, 0.2) is 66.8 Å². The van der Waals surface area contributed by atoms with Crippen molar-refractivity contribution in [3.05, 3.63) is 89.0 Å². The number of hydrogen-bond acceptors (Lipinski definition) is 2. The van der Waals surface area contributed by atoms with E-state index in [1.54, 1.807) is 0 Å². The largest absolute Gasteiger partial charge is 0.381 e. The highest BCUT2D eigenvalue weighted by Crippen LogP contribution is 2.30. The van der Waals surface area contributed by atoms with E-state index in [4.69, 9.17) is 0 Å². The second-order valence-electron chi connectivity index (χ2n) is 7.09. The summed E-state index contributed by atoms with van der Waals surface area (Å²) in [6.45, 7) is 10.1. The lowest BCUT2D eigenvalue weighted by Crippen LogP contribution is -2.07. The second kappa shape index (κ2) is 8.20. The van der Waals surface area contributed by atoms with Gasteiger partial charge in [0.15, 0.2) is 0 Å². The molecule has 0 bridgehead atoms. The Kier molecular flexibility index (Phi) is 5.75. The molecule has 2 aromatic carbocycles. The lowest BCUT2D eigenvalue weighted by molar-refractivity contribution is 0.818. The van der Waals surface area contributed by atoms with Crippen molar-refractivity contribution in [3.8, 4) is 0 Å². The highest BCUT2D eigenvalue weighted by Gasteiger charge is 2.11. The van der Waals surface area contributed by atoms with Gasteiger partial charge in [-0.05, 0) is 72.8 Å². The molecule has 0 aliphatic heterocycles. The Morgan fingerprint density at radius 3 is 2.65 bits per heavy atom. The average molecular weight is 345 g/mol. The van der Waals surface area contributed by atoms with E-state index in [1.165, 1.54) is 39.1 Å². The number of rotatable bonds is 7. The third-order valence-electron chi connectivity index (χ3n) is 4.82. The fourth-order valence-corrected chi connectivity index (χ4v) is 3.45. The Morgan fingerprint density at radius 2 is 1.92 bits per heavy atom. The molecule has 1 aliphatic carbocycles. The summed E-state index contributed by atoms with van der Waals surface area (Å²) in [5.41, 5.74) is 10.3. The summed E-state index contributed by atoms with van der Waals surface area (Å²) in [6.07, 6.45) is 5.51. The molecule has 2 aromatic rings. The predicted octanol–water partition coefficient (Wildman–Crippen LogP) is 5.57. The summed E-state index contributed by atoms with van der Waals surface area (Å²) < 4.78 is 0. The summed E-state index contributed by atoms with van der Waals surface area (Å²) in [5, 5.41) is 6.75. The van der Waals surface area contributed by atoms with Gasteiger partial charge in [0.1, 0.15) is 0 Å². The second-order valence-corrected chi connectivity index (χ2v) is 7.09. The van der Waals surface area contributed by atoms with Crippen LogP contribution in [0.5, 0.6) is 0 Å². The number of nitrogens with one attached hydrogen (secondary N) is 2. The molecule has 0 atom stereocenters. The van der Waals surface area contributed by atoms with Gasteiger partial charge in [-0.3, -0.25) is 0 Å². The van der Waals surface area contributed by atoms with Crippen LogP contribution in [-0.2, 0) is 6.54 Å². The quantitative estimate of drug-likeness (QED) is 0.686. The van der Waals surface area contributed by atoms with Crippen LogP contribution in [0.2, 0.25) is 0 Å². The van der Waals surface area contributed by atoms with E-state index < -0.39 is 0 Å². The standard InChI is InChI=1S/C24H28N2/c1-17(2)24-11-10-21(12-18(24)3)22-9-8-20(13-22)16-26-23-7-5-6-19(14-23)15-25-4/h5-12,14,25-26H,1,13,15-16H2,2-4H3. The lowest BCUT2D eigenvalue weighted by atomic mass is 9.96. The van der Waals surface area contributed by atoms with Gasteiger partial charge in [-0.25, -0.2) is 0 Å². The van der Waals surface area contributed by atoms with E-state index in [1.807, 2.05) is 7.05 Å². The van der Waals surface area contributed by atoms with Crippen LogP contribution in [0.1, 0.15) is 35.6 Å². The monoisotopic (exact) mass is 344 g/mol. The topological polar surface area (TPSA) is 24.1 Å². The molecule has 0 amide bonds. The Bertz CT molecular complexity index is 872. The minimum Gasteiger partial charge on any atom is -0.381 e. The van der Waals surface area contributed by atoms with Crippen molar-refractivity contribution in [2.24, 2.45) is 0 Å². The zero-order chi connectivity index (χ0) is 18.5. The highest BCUT2D eigenvalue weighted by molar-refractivity contribution is 5.75. The molecule has 0 radical (unpaired) electrons. The molecule has 0 spiro atoms. The molecule has 0 unspecified atom stereocenters. The molecule has 2 N–H and O–H groups in total. The van der Waals surface area contributed by atoms with Crippen LogP contribution in [0.25, 0.3) is 11.1 Å². The molecular formula is C24H28N2. The van der Waals surface area contributed by atoms with E-state index in [0.29, 0.717) is 0 Å². The highest BCUT2D eigenvalue weighted by atomic mass is 14.9. The van der Waals surface area contributed by atoms with Gasteiger partial charge < -0.3 is 10.6 Å². The predicted molar refractivity (Wildman–Crippen MR) is 114 cm³/mol. The number of anilines is 1. The summed E-state index contributed by atoms with van der Waals surface area (Å²) >= 11 is 0. The maximum absolute atomic E-state index is 4.06. The van der Waals surface area contributed by atoms with E-state index in [-0.39, 0.29) is 0 Å². The molecule has 134 valence electrons. The fourth-order valence-electron chi connectivity index (χ4n) is 3.45. The summed E-state index contributed by atoms with van der Waals surface area (Å²) in [6, 6.07) is 15.3. The van der Waals surface area contributed by atoms with E-state index in [9.17, 15) is 0 Å². The first kappa shape index (κ1) is 18.2. The molecule has 2 heteroatoms. The molecular weight excluding hydrogens is 316 g/mol. The van der Waals surface area contributed by atoms with Crippen molar-refractivity contribution in [1.82, 2.24) is 5.32 Å². The molecule has 1 aliphatic rings. The molecule has 0 fully saturated rings. The van der Waals surface area contributed by atoms with Crippen molar-refractivity contribution in [2.45, 2.75) is 26.8 Å². The van der Waals surface area contributed by atoms with Crippen LogP contribution in [0.4, 0.5) is 5.69 Å². The Hall–Kier alpha value is -2.58. The molecule has 0 saturated carbocycles. The van der Waals surface area contributed by atoms with Crippen molar-refractivity contribution in [1.29, 1.82) is 0 Å². The number of benzene rings is 2. The minimum absolute atomic E-state index is 0.881. The molecule has 26 heavy (non-hydrogen) atoms. The summed E-state index contributed by atoms with van der Waals surface area (Å²) in [7, 11) is 1.97. The first-order valence-corrected chi connectivity index (χ1v) is 9.19. The van der Waals surface area contributed by atoms with Gasteiger partial charge in [0.2, 0.25) is 0 Å². The molecule has 0 heterocycles.